The molecule has 0 N–H and O–H groups in total. The number of carbonyl (C=O) groups excluding carboxylic acids is 2. The second-order valence-corrected chi connectivity index (χ2v) is 1.76. The highest BCUT2D eigenvalue weighted by Crippen LogP contribution is 1.92. The van der Waals surface area contributed by atoms with Crippen molar-refractivity contribution in [2.24, 2.45) is 4.99 Å². The molecule has 60 valence electrons. The van der Waals surface area contributed by atoms with E-state index in [1.165, 1.54) is 19.1 Å². The standard InChI is InChI=1S/C7H9NO3/c1-3-4-7(10)11-6(2)8-5-9/h3-4,6H,1-2H3. The van der Waals surface area contributed by atoms with E-state index in [2.05, 4.69) is 9.73 Å². The molecule has 0 fully saturated rings. The molecule has 0 radical (unpaired) electrons. The van der Waals surface area contributed by atoms with Gasteiger partial charge < -0.3 is 4.74 Å². The quantitative estimate of drug-likeness (QED) is 0.262. The summed E-state index contributed by atoms with van der Waals surface area (Å²) in [7, 11) is 0. The van der Waals surface area contributed by atoms with Crippen molar-refractivity contribution in [1.82, 2.24) is 0 Å². The molecule has 0 aliphatic heterocycles. The first kappa shape index (κ1) is 9.59. The zero-order chi connectivity index (χ0) is 8.69. The maximum Gasteiger partial charge on any atom is 0.332 e. The van der Waals surface area contributed by atoms with E-state index < -0.39 is 12.2 Å². The van der Waals surface area contributed by atoms with Gasteiger partial charge in [0.15, 0.2) is 0 Å². The molecular formula is C7H9NO3. The number of rotatable bonds is 3. The third kappa shape index (κ3) is 5.06. The first-order chi connectivity index (χ1) is 5.20. The van der Waals surface area contributed by atoms with Crippen LogP contribution in [-0.4, -0.2) is 18.3 Å². The zero-order valence-electron chi connectivity index (χ0n) is 6.40. The summed E-state index contributed by atoms with van der Waals surface area (Å²) >= 11 is 0. The predicted molar refractivity (Wildman–Crippen MR) is 38.5 cm³/mol. The van der Waals surface area contributed by atoms with E-state index in [1.807, 2.05) is 0 Å². The van der Waals surface area contributed by atoms with Gasteiger partial charge in [0.25, 0.3) is 0 Å². The van der Waals surface area contributed by atoms with Gasteiger partial charge in [0.2, 0.25) is 12.3 Å². The summed E-state index contributed by atoms with van der Waals surface area (Å²) in [5, 5.41) is 0. The minimum Gasteiger partial charge on any atom is -0.436 e. The van der Waals surface area contributed by atoms with Gasteiger partial charge in [0.05, 0.1) is 0 Å². The van der Waals surface area contributed by atoms with Gasteiger partial charge >= 0.3 is 5.97 Å². The maximum absolute atomic E-state index is 10.6. The molecule has 0 aromatic heterocycles. The fourth-order valence-electron chi connectivity index (χ4n) is 0.444. The SMILES string of the molecule is CC=CC(=O)OC(C)N=C=O. The highest BCUT2D eigenvalue weighted by molar-refractivity contribution is 5.81. The number of isocyanates is 1. The van der Waals surface area contributed by atoms with E-state index in [0.717, 1.165) is 0 Å². The summed E-state index contributed by atoms with van der Waals surface area (Å²) in [5.74, 6) is -0.515. The van der Waals surface area contributed by atoms with Gasteiger partial charge in [-0.1, -0.05) is 6.08 Å². The van der Waals surface area contributed by atoms with Crippen LogP contribution in [0.15, 0.2) is 17.1 Å². The number of nitrogens with zero attached hydrogens (tertiary/aromatic N) is 1. The Morgan fingerprint density at radius 1 is 1.73 bits per heavy atom. The Morgan fingerprint density at radius 3 is 2.82 bits per heavy atom. The van der Waals surface area contributed by atoms with Crippen LogP contribution in [0.3, 0.4) is 0 Å². The number of allylic oxidation sites excluding steroid dienone is 1. The molecule has 0 amide bonds. The van der Waals surface area contributed by atoms with E-state index in [4.69, 9.17) is 0 Å². The number of aliphatic imine (C=N–C) groups is 1. The molecule has 0 aromatic rings. The average molecular weight is 155 g/mol. The predicted octanol–water partition coefficient (Wildman–Crippen LogP) is 0.788. The first-order valence-corrected chi connectivity index (χ1v) is 3.11. The van der Waals surface area contributed by atoms with E-state index >= 15 is 0 Å². The Kier molecular flexibility index (Phi) is 4.69. The normalized spacial score (nSPS) is 12.2. The minimum absolute atomic E-state index is 0.515. The van der Waals surface area contributed by atoms with Crippen LogP contribution in [0.4, 0.5) is 0 Å². The van der Waals surface area contributed by atoms with Crippen molar-refractivity contribution in [3.8, 4) is 0 Å². The van der Waals surface area contributed by atoms with Crippen LogP contribution >= 0.6 is 0 Å². The summed E-state index contributed by atoms with van der Waals surface area (Å²) in [5.41, 5.74) is 0. The smallest absolute Gasteiger partial charge is 0.332 e. The van der Waals surface area contributed by atoms with E-state index in [-0.39, 0.29) is 0 Å². The van der Waals surface area contributed by atoms with Crippen molar-refractivity contribution < 1.29 is 14.3 Å². The van der Waals surface area contributed by atoms with Crippen molar-refractivity contribution in [1.29, 1.82) is 0 Å². The average Bonchev–Trinajstić information content (AvgIpc) is 1.87. The summed E-state index contributed by atoms with van der Waals surface area (Å²) in [6.07, 6.45) is 3.32. The molecule has 0 aliphatic carbocycles. The summed E-state index contributed by atoms with van der Waals surface area (Å²) in [6, 6.07) is 0. The Bertz CT molecular complexity index is 204. The number of carbonyl (C=O) groups is 1. The van der Waals surface area contributed by atoms with Crippen LogP contribution in [-0.2, 0) is 14.3 Å². The molecule has 1 atom stereocenters. The van der Waals surface area contributed by atoms with Gasteiger partial charge in [0.1, 0.15) is 0 Å². The second-order valence-electron chi connectivity index (χ2n) is 1.76. The van der Waals surface area contributed by atoms with Crippen LogP contribution in [0.2, 0.25) is 0 Å². The molecule has 11 heavy (non-hydrogen) atoms. The Morgan fingerprint density at radius 2 is 2.36 bits per heavy atom. The molecule has 1 unspecified atom stereocenters. The van der Waals surface area contributed by atoms with Crippen LogP contribution in [0, 0.1) is 0 Å². The molecule has 0 aromatic carbocycles. The summed E-state index contributed by atoms with van der Waals surface area (Å²) < 4.78 is 4.58. The van der Waals surface area contributed by atoms with Crippen molar-refractivity contribution in [3.63, 3.8) is 0 Å². The van der Waals surface area contributed by atoms with Gasteiger partial charge in [0, 0.05) is 6.08 Å². The fraction of sp³-hybridized carbons (Fsp3) is 0.429. The van der Waals surface area contributed by atoms with Crippen molar-refractivity contribution in [3.05, 3.63) is 12.2 Å². The molecule has 0 saturated carbocycles. The maximum atomic E-state index is 10.6. The van der Waals surface area contributed by atoms with E-state index in [0.29, 0.717) is 0 Å². The number of hydrogen-bond donors (Lipinski definition) is 0. The minimum atomic E-state index is -0.754. The van der Waals surface area contributed by atoms with Gasteiger partial charge in [-0.05, 0) is 13.8 Å². The number of ether oxygens (including phenoxy) is 1. The topological polar surface area (TPSA) is 55.7 Å². The molecule has 0 spiro atoms. The lowest BCUT2D eigenvalue weighted by Gasteiger charge is -2.02. The monoisotopic (exact) mass is 155 g/mol. The van der Waals surface area contributed by atoms with Gasteiger partial charge in [-0.25, -0.2) is 9.59 Å². The van der Waals surface area contributed by atoms with Crippen LogP contribution in [0.25, 0.3) is 0 Å². The lowest BCUT2D eigenvalue weighted by Crippen LogP contribution is -2.09. The molecule has 0 aliphatic rings. The Balaban J connectivity index is 3.84. The van der Waals surface area contributed by atoms with Gasteiger partial charge in [-0.15, -0.1) is 0 Å². The number of esters is 1. The highest BCUT2D eigenvalue weighted by Gasteiger charge is 2.02. The third-order valence-corrected chi connectivity index (χ3v) is 0.824. The molecule has 4 heteroatoms. The third-order valence-electron chi connectivity index (χ3n) is 0.824. The van der Waals surface area contributed by atoms with Crippen LogP contribution in [0.5, 0.6) is 0 Å². The molecular weight excluding hydrogens is 146 g/mol. The van der Waals surface area contributed by atoms with E-state index in [1.54, 1.807) is 13.0 Å². The Hall–Kier alpha value is -1.41. The lowest BCUT2D eigenvalue weighted by atomic mass is 10.5. The van der Waals surface area contributed by atoms with Crippen molar-refractivity contribution >= 4 is 12.0 Å². The second kappa shape index (κ2) is 5.38. The highest BCUT2D eigenvalue weighted by atomic mass is 16.6. The van der Waals surface area contributed by atoms with Crippen molar-refractivity contribution in [2.45, 2.75) is 20.1 Å². The van der Waals surface area contributed by atoms with Crippen LogP contribution < -0.4 is 0 Å². The zero-order valence-corrected chi connectivity index (χ0v) is 6.40. The molecule has 0 heterocycles. The van der Waals surface area contributed by atoms with Gasteiger partial charge in [-0.2, -0.15) is 4.99 Å². The summed E-state index contributed by atoms with van der Waals surface area (Å²) in [4.78, 5) is 23.4. The fourth-order valence-corrected chi connectivity index (χ4v) is 0.444. The Labute approximate surface area is 64.6 Å². The first-order valence-electron chi connectivity index (χ1n) is 3.11. The molecule has 4 nitrogen and oxygen atoms in total. The van der Waals surface area contributed by atoms with E-state index in [9.17, 15) is 9.59 Å². The molecule has 0 rings (SSSR count). The summed E-state index contributed by atoms with van der Waals surface area (Å²) in [6.45, 7) is 3.17. The number of hydrogen-bond acceptors (Lipinski definition) is 4. The largest absolute Gasteiger partial charge is 0.436 e. The molecule has 0 bridgehead atoms. The van der Waals surface area contributed by atoms with Crippen LogP contribution in [0.1, 0.15) is 13.8 Å². The molecule has 0 saturated heterocycles. The van der Waals surface area contributed by atoms with Gasteiger partial charge in [-0.3, -0.25) is 0 Å². The van der Waals surface area contributed by atoms with Crippen molar-refractivity contribution in [2.75, 3.05) is 0 Å². The lowest BCUT2D eigenvalue weighted by molar-refractivity contribution is -0.141.